The fourth-order valence-electron chi connectivity index (χ4n) is 5.02. The highest BCUT2D eigenvalue weighted by Gasteiger charge is 2.33. The zero-order valence-corrected chi connectivity index (χ0v) is 24.7. The van der Waals surface area contributed by atoms with Gasteiger partial charge < -0.3 is 10.2 Å². The lowest BCUT2D eigenvalue weighted by Crippen LogP contribution is -2.53. The Morgan fingerprint density at radius 2 is 1.44 bits per heavy atom. The number of sulfonamides is 1. The zero-order valence-electron chi connectivity index (χ0n) is 23.8. The summed E-state index contributed by atoms with van der Waals surface area (Å²) in [6.07, 6.45) is 5.05. The fourth-order valence-corrected chi connectivity index (χ4v) is 6.43. The Labute approximate surface area is 242 Å². The van der Waals surface area contributed by atoms with Crippen molar-refractivity contribution in [1.29, 1.82) is 0 Å². The fraction of sp³-hybridized carbons (Fsp3) is 0.375. The molecule has 1 fully saturated rings. The predicted octanol–water partition coefficient (Wildman–Crippen LogP) is 5.50. The standard InChI is InChI=1S/C32H38FN3O4S/c1-23-9-13-26(14-10-23)21-35(25(3)32(38)34-28-7-5-4-6-8-28)31(37)22-36(29-17-15-27(33)16-18-29)41(39,40)30-19-11-24(2)12-20-30/h9-20,25,28H,4-8,21-22H2,1-3H3,(H,34,38). The van der Waals surface area contributed by atoms with E-state index in [0.29, 0.717) is 0 Å². The topological polar surface area (TPSA) is 86.8 Å². The van der Waals surface area contributed by atoms with Gasteiger partial charge in [-0.25, -0.2) is 12.8 Å². The second-order valence-electron chi connectivity index (χ2n) is 10.8. The third-order valence-electron chi connectivity index (χ3n) is 7.59. The molecule has 1 atom stereocenters. The van der Waals surface area contributed by atoms with Crippen LogP contribution in [0.15, 0.2) is 77.7 Å². The van der Waals surface area contributed by atoms with Crippen LogP contribution in [-0.2, 0) is 26.2 Å². The van der Waals surface area contributed by atoms with Gasteiger partial charge in [0.1, 0.15) is 18.4 Å². The maximum atomic E-state index is 14.0. The van der Waals surface area contributed by atoms with E-state index in [0.717, 1.165) is 65.2 Å². The van der Waals surface area contributed by atoms with E-state index in [1.54, 1.807) is 19.1 Å². The summed E-state index contributed by atoms with van der Waals surface area (Å²) in [6.45, 7) is 5.04. The summed E-state index contributed by atoms with van der Waals surface area (Å²) in [7, 11) is -4.20. The molecular formula is C32H38FN3O4S. The van der Waals surface area contributed by atoms with Crippen LogP contribution >= 0.6 is 0 Å². The molecule has 1 unspecified atom stereocenters. The van der Waals surface area contributed by atoms with Crippen molar-refractivity contribution in [2.75, 3.05) is 10.8 Å². The number of hydrogen-bond acceptors (Lipinski definition) is 4. The molecule has 1 N–H and O–H groups in total. The van der Waals surface area contributed by atoms with Crippen molar-refractivity contribution in [2.24, 2.45) is 0 Å². The molecule has 7 nitrogen and oxygen atoms in total. The molecule has 0 bridgehead atoms. The van der Waals surface area contributed by atoms with Crippen LogP contribution in [0.2, 0.25) is 0 Å². The maximum absolute atomic E-state index is 14.0. The summed E-state index contributed by atoms with van der Waals surface area (Å²) in [5.41, 5.74) is 2.91. The van der Waals surface area contributed by atoms with Gasteiger partial charge in [-0.15, -0.1) is 0 Å². The predicted molar refractivity (Wildman–Crippen MR) is 158 cm³/mol. The van der Waals surface area contributed by atoms with Crippen molar-refractivity contribution < 1.29 is 22.4 Å². The molecule has 41 heavy (non-hydrogen) atoms. The van der Waals surface area contributed by atoms with E-state index in [1.807, 2.05) is 38.1 Å². The number of anilines is 1. The van der Waals surface area contributed by atoms with Gasteiger partial charge in [-0.05, 0) is 75.6 Å². The third kappa shape index (κ3) is 7.73. The van der Waals surface area contributed by atoms with E-state index in [-0.39, 0.29) is 29.1 Å². The first-order chi connectivity index (χ1) is 19.5. The Bertz CT molecular complexity index is 1440. The lowest BCUT2D eigenvalue weighted by Gasteiger charge is -2.33. The summed E-state index contributed by atoms with van der Waals surface area (Å²) in [6, 6.07) is 18.2. The van der Waals surface area contributed by atoms with Crippen molar-refractivity contribution in [3.63, 3.8) is 0 Å². The molecule has 2 amide bonds. The van der Waals surface area contributed by atoms with Crippen molar-refractivity contribution >= 4 is 27.5 Å². The zero-order chi connectivity index (χ0) is 29.6. The van der Waals surface area contributed by atoms with Crippen LogP contribution in [0, 0.1) is 19.7 Å². The minimum absolute atomic E-state index is 0.00778. The van der Waals surface area contributed by atoms with Crippen LogP contribution in [0.3, 0.4) is 0 Å². The van der Waals surface area contributed by atoms with Crippen LogP contribution in [0.1, 0.15) is 55.7 Å². The van der Waals surface area contributed by atoms with E-state index >= 15 is 0 Å². The van der Waals surface area contributed by atoms with E-state index in [2.05, 4.69) is 5.32 Å². The number of benzene rings is 3. The van der Waals surface area contributed by atoms with Gasteiger partial charge in [0.15, 0.2) is 0 Å². The number of carbonyl (C=O) groups is 2. The Balaban J connectivity index is 1.66. The van der Waals surface area contributed by atoms with Crippen LogP contribution in [0.5, 0.6) is 0 Å². The van der Waals surface area contributed by atoms with Crippen molar-refractivity contribution in [2.45, 2.75) is 76.4 Å². The van der Waals surface area contributed by atoms with Gasteiger partial charge in [-0.3, -0.25) is 13.9 Å². The number of hydrogen-bond donors (Lipinski definition) is 1. The number of aryl methyl sites for hydroxylation is 2. The molecule has 218 valence electrons. The largest absolute Gasteiger partial charge is 0.352 e. The van der Waals surface area contributed by atoms with Crippen LogP contribution < -0.4 is 9.62 Å². The molecule has 3 aromatic carbocycles. The highest BCUT2D eigenvalue weighted by atomic mass is 32.2. The Morgan fingerprint density at radius 1 is 0.878 bits per heavy atom. The minimum atomic E-state index is -4.20. The highest BCUT2D eigenvalue weighted by Crippen LogP contribution is 2.25. The maximum Gasteiger partial charge on any atom is 0.264 e. The van der Waals surface area contributed by atoms with Gasteiger partial charge in [-0.2, -0.15) is 0 Å². The molecule has 0 aromatic heterocycles. The van der Waals surface area contributed by atoms with E-state index in [9.17, 15) is 22.4 Å². The number of carbonyl (C=O) groups excluding carboxylic acids is 2. The Kier molecular flexibility index (Phi) is 9.81. The van der Waals surface area contributed by atoms with Crippen molar-refractivity contribution in [3.8, 4) is 0 Å². The molecular weight excluding hydrogens is 541 g/mol. The number of amides is 2. The van der Waals surface area contributed by atoms with E-state index in [1.165, 1.54) is 29.2 Å². The third-order valence-corrected chi connectivity index (χ3v) is 9.38. The molecule has 9 heteroatoms. The number of nitrogens with one attached hydrogen (secondary N) is 1. The summed E-state index contributed by atoms with van der Waals surface area (Å²) < 4.78 is 42.4. The lowest BCUT2D eigenvalue weighted by atomic mass is 9.95. The van der Waals surface area contributed by atoms with Crippen LogP contribution in [0.4, 0.5) is 10.1 Å². The summed E-state index contributed by atoms with van der Waals surface area (Å²) in [4.78, 5) is 28.8. The van der Waals surface area contributed by atoms with Crippen molar-refractivity contribution in [3.05, 3.63) is 95.3 Å². The number of nitrogens with zero attached hydrogens (tertiary/aromatic N) is 2. The first-order valence-corrected chi connectivity index (χ1v) is 15.5. The average molecular weight is 580 g/mol. The van der Waals surface area contributed by atoms with Gasteiger partial charge in [0.25, 0.3) is 10.0 Å². The van der Waals surface area contributed by atoms with Gasteiger partial charge >= 0.3 is 0 Å². The normalized spacial score (nSPS) is 14.7. The van der Waals surface area contributed by atoms with Gasteiger partial charge in [0.2, 0.25) is 11.8 Å². The van der Waals surface area contributed by atoms with Crippen molar-refractivity contribution in [1.82, 2.24) is 10.2 Å². The quantitative estimate of drug-likeness (QED) is 0.344. The molecule has 0 radical (unpaired) electrons. The number of rotatable bonds is 10. The second kappa shape index (κ2) is 13.3. The SMILES string of the molecule is Cc1ccc(CN(C(=O)CN(c2ccc(F)cc2)S(=O)(=O)c2ccc(C)cc2)C(C)C(=O)NC2CCCCC2)cc1. The smallest absolute Gasteiger partial charge is 0.264 e. The number of halogens is 1. The van der Waals surface area contributed by atoms with Gasteiger partial charge in [-0.1, -0.05) is 66.8 Å². The molecule has 0 aliphatic heterocycles. The summed E-state index contributed by atoms with van der Waals surface area (Å²) >= 11 is 0. The van der Waals surface area contributed by atoms with E-state index in [4.69, 9.17) is 0 Å². The van der Waals surface area contributed by atoms with Gasteiger partial charge in [0.05, 0.1) is 10.6 Å². The highest BCUT2D eigenvalue weighted by molar-refractivity contribution is 7.92. The average Bonchev–Trinajstić information content (AvgIpc) is 2.96. The minimum Gasteiger partial charge on any atom is -0.352 e. The summed E-state index contributed by atoms with van der Waals surface area (Å²) in [5.74, 6) is -1.34. The Morgan fingerprint density at radius 3 is 2.02 bits per heavy atom. The molecule has 4 rings (SSSR count). The first-order valence-electron chi connectivity index (χ1n) is 14.0. The van der Waals surface area contributed by atoms with Crippen LogP contribution in [0.25, 0.3) is 0 Å². The second-order valence-corrected chi connectivity index (χ2v) is 12.7. The Hall–Kier alpha value is -3.72. The molecule has 0 spiro atoms. The van der Waals surface area contributed by atoms with E-state index < -0.39 is 34.3 Å². The molecule has 1 saturated carbocycles. The molecule has 1 aliphatic rings. The molecule has 0 saturated heterocycles. The van der Waals surface area contributed by atoms with Crippen LogP contribution in [-0.4, -0.2) is 43.8 Å². The molecule has 0 heterocycles. The molecule has 1 aliphatic carbocycles. The molecule has 3 aromatic rings. The monoisotopic (exact) mass is 579 g/mol. The summed E-state index contributed by atoms with van der Waals surface area (Å²) in [5, 5.41) is 3.10. The van der Waals surface area contributed by atoms with Gasteiger partial charge in [0, 0.05) is 12.6 Å². The first kappa shape index (κ1) is 30.2. The lowest BCUT2D eigenvalue weighted by molar-refractivity contribution is -0.139.